The van der Waals surface area contributed by atoms with Crippen molar-refractivity contribution in [2.24, 2.45) is 0 Å². The zero-order chi connectivity index (χ0) is 15.2. The molecule has 5 nitrogen and oxygen atoms in total. The first-order chi connectivity index (χ1) is 10.8. The van der Waals surface area contributed by atoms with Gasteiger partial charge in [-0.1, -0.05) is 0 Å². The van der Waals surface area contributed by atoms with Gasteiger partial charge in [0.25, 0.3) is 5.91 Å². The standard InChI is InChI=1S/C17H25N3O2/c21-17(14-19-10-12-22-13-11-19)18-15-4-6-16(7-5-15)20-8-2-1-3-9-20/h4-7H,1-3,8-14H2,(H,18,21)/p+1. The lowest BCUT2D eigenvalue weighted by Crippen LogP contribution is -3.15. The molecule has 5 heteroatoms. The van der Waals surface area contributed by atoms with E-state index < -0.39 is 0 Å². The molecule has 0 spiro atoms. The van der Waals surface area contributed by atoms with E-state index in [1.165, 1.54) is 29.8 Å². The Hall–Kier alpha value is -1.59. The maximum absolute atomic E-state index is 12.1. The highest BCUT2D eigenvalue weighted by atomic mass is 16.5. The number of amides is 1. The third kappa shape index (κ3) is 4.21. The van der Waals surface area contributed by atoms with E-state index in [9.17, 15) is 4.79 Å². The summed E-state index contributed by atoms with van der Waals surface area (Å²) in [6, 6.07) is 8.25. The van der Waals surface area contributed by atoms with Gasteiger partial charge in [-0.05, 0) is 43.5 Å². The first-order valence-electron chi connectivity index (χ1n) is 8.37. The van der Waals surface area contributed by atoms with Crippen LogP contribution < -0.4 is 15.1 Å². The Balaban J connectivity index is 1.50. The fraction of sp³-hybridized carbons (Fsp3) is 0.588. The van der Waals surface area contributed by atoms with Crippen LogP contribution >= 0.6 is 0 Å². The molecule has 120 valence electrons. The second-order valence-electron chi connectivity index (χ2n) is 6.18. The summed E-state index contributed by atoms with van der Waals surface area (Å²) >= 11 is 0. The number of carbonyl (C=O) groups is 1. The van der Waals surface area contributed by atoms with Gasteiger partial charge >= 0.3 is 0 Å². The molecule has 1 amide bonds. The molecule has 2 saturated heterocycles. The monoisotopic (exact) mass is 304 g/mol. The van der Waals surface area contributed by atoms with Crippen LogP contribution in [-0.2, 0) is 9.53 Å². The third-order valence-corrected chi connectivity index (χ3v) is 4.48. The quantitative estimate of drug-likeness (QED) is 0.853. The first-order valence-corrected chi connectivity index (χ1v) is 8.37. The lowest BCUT2D eigenvalue weighted by Gasteiger charge is -2.28. The summed E-state index contributed by atoms with van der Waals surface area (Å²) in [7, 11) is 0. The summed E-state index contributed by atoms with van der Waals surface area (Å²) in [6.45, 7) is 6.17. The van der Waals surface area contributed by atoms with E-state index >= 15 is 0 Å². The topological polar surface area (TPSA) is 46.0 Å². The molecule has 2 N–H and O–H groups in total. The van der Waals surface area contributed by atoms with Gasteiger partial charge < -0.3 is 19.9 Å². The van der Waals surface area contributed by atoms with E-state index in [4.69, 9.17) is 4.74 Å². The van der Waals surface area contributed by atoms with Crippen LogP contribution in [-0.4, -0.2) is 51.8 Å². The maximum Gasteiger partial charge on any atom is 0.279 e. The molecule has 2 aliphatic rings. The molecule has 2 heterocycles. The summed E-state index contributed by atoms with van der Waals surface area (Å²) < 4.78 is 5.31. The minimum atomic E-state index is 0.0858. The fourth-order valence-electron chi connectivity index (χ4n) is 3.18. The van der Waals surface area contributed by atoms with Crippen LogP contribution in [0.2, 0.25) is 0 Å². The largest absolute Gasteiger partial charge is 0.372 e. The minimum Gasteiger partial charge on any atom is -0.372 e. The van der Waals surface area contributed by atoms with Crippen LogP contribution in [0.1, 0.15) is 19.3 Å². The van der Waals surface area contributed by atoms with Gasteiger partial charge in [0.2, 0.25) is 0 Å². The van der Waals surface area contributed by atoms with E-state index in [2.05, 4.69) is 22.3 Å². The van der Waals surface area contributed by atoms with Crippen molar-refractivity contribution >= 4 is 17.3 Å². The smallest absolute Gasteiger partial charge is 0.279 e. The molecule has 0 atom stereocenters. The lowest BCUT2D eigenvalue weighted by atomic mass is 10.1. The highest BCUT2D eigenvalue weighted by molar-refractivity contribution is 5.91. The number of quaternary nitrogens is 1. The van der Waals surface area contributed by atoms with Crippen LogP contribution in [0.4, 0.5) is 11.4 Å². The first kappa shape index (κ1) is 15.3. The summed E-state index contributed by atoms with van der Waals surface area (Å²) in [5.74, 6) is 0.0858. The average Bonchev–Trinajstić information content (AvgIpc) is 2.57. The van der Waals surface area contributed by atoms with Crippen molar-refractivity contribution in [1.29, 1.82) is 0 Å². The molecule has 0 aliphatic carbocycles. The van der Waals surface area contributed by atoms with Gasteiger partial charge in [-0.15, -0.1) is 0 Å². The average molecular weight is 304 g/mol. The van der Waals surface area contributed by atoms with Crippen LogP contribution in [0.3, 0.4) is 0 Å². The second kappa shape index (κ2) is 7.61. The zero-order valence-corrected chi connectivity index (χ0v) is 13.1. The van der Waals surface area contributed by atoms with Gasteiger partial charge in [0.05, 0.1) is 13.2 Å². The Morgan fingerprint density at radius 2 is 1.77 bits per heavy atom. The molecule has 0 aromatic heterocycles. The number of anilines is 2. The molecule has 0 bridgehead atoms. The van der Waals surface area contributed by atoms with Crippen molar-refractivity contribution in [3.8, 4) is 0 Å². The SMILES string of the molecule is O=C(C[NH+]1CCOCC1)Nc1ccc(N2CCCCC2)cc1. The number of ether oxygens (including phenoxy) is 1. The van der Waals surface area contributed by atoms with Crippen molar-refractivity contribution in [2.45, 2.75) is 19.3 Å². The van der Waals surface area contributed by atoms with Gasteiger partial charge in [0, 0.05) is 24.5 Å². The molecule has 0 radical (unpaired) electrons. The second-order valence-corrected chi connectivity index (χ2v) is 6.18. The summed E-state index contributed by atoms with van der Waals surface area (Å²) in [5, 5.41) is 3.00. The Morgan fingerprint density at radius 1 is 1.09 bits per heavy atom. The predicted molar refractivity (Wildman–Crippen MR) is 87.5 cm³/mol. The molecule has 0 saturated carbocycles. The highest BCUT2D eigenvalue weighted by Crippen LogP contribution is 2.21. The van der Waals surface area contributed by atoms with E-state index in [1.54, 1.807) is 0 Å². The number of carbonyl (C=O) groups excluding carboxylic acids is 1. The molecule has 22 heavy (non-hydrogen) atoms. The van der Waals surface area contributed by atoms with Crippen LogP contribution in [0.25, 0.3) is 0 Å². The van der Waals surface area contributed by atoms with E-state index in [0.29, 0.717) is 6.54 Å². The lowest BCUT2D eigenvalue weighted by molar-refractivity contribution is -0.899. The van der Waals surface area contributed by atoms with Crippen molar-refractivity contribution < 1.29 is 14.4 Å². The van der Waals surface area contributed by atoms with Gasteiger partial charge in [0.1, 0.15) is 13.1 Å². The Labute approximate surface area is 132 Å². The number of piperidine rings is 1. The van der Waals surface area contributed by atoms with Crippen molar-refractivity contribution in [3.05, 3.63) is 24.3 Å². The summed E-state index contributed by atoms with van der Waals surface area (Å²) in [6.07, 6.45) is 3.90. The van der Waals surface area contributed by atoms with Crippen LogP contribution in [0.5, 0.6) is 0 Å². The minimum absolute atomic E-state index is 0.0858. The van der Waals surface area contributed by atoms with E-state index in [0.717, 1.165) is 45.1 Å². The van der Waals surface area contributed by atoms with E-state index in [-0.39, 0.29) is 5.91 Å². The van der Waals surface area contributed by atoms with Crippen molar-refractivity contribution in [3.63, 3.8) is 0 Å². The Kier molecular flexibility index (Phi) is 5.29. The third-order valence-electron chi connectivity index (χ3n) is 4.48. The number of rotatable bonds is 4. The highest BCUT2D eigenvalue weighted by Gasteiger charge is 2.17. The molecule has 1 aromatic carbocycles. The van der Waals surface area contributed by atoms with Crippen molar-refractivity contribution in [1.82, 2.24) is 0 Å². The zero-order valence-electron chi connectivity index (χ0n) is 13.1. The molecule has 1 aromatic rings. The number of morpholine rings is 1. The van der Waals surface area contributed by atoms with E-state index in [1.807, 2.05) is 12.1 Å². The Morgan fingerprint density at radius 3 is 2.45 bits per heavy atom. The Bertz CT molecular complexity index is 477. The molecule has 2 fully saturated rings. The number of benzene rings is 1. The fourth-order valence-corrected chi connectivity index (χ4v) is 3.18. The maximum atomic E-state index is 12.1. The van der Waals surface area contributed by atoms with Gasteiger partial charge in [-0.2, -0.15) is 0 Å². The van der Waals surface area contributed by atoms with Crippen LogP contribution in [0, 0.1) is 0 Å². The van der Waals surface area contributed by atoms with Gasteiger partial charge in [-0.25, -0.2) is 0 Å². The molecular formula is C17H26N3O2+. The number of hydrogen-bond donors (Lipinski definition) is 2. The molecular weight excluding hydrogens is 278 g/mol. The van der Waals surface area contributed by atoms with Crippen molar-refractivity contribution in [2.75, 3.05) is 56.2 Å². The van der Waals surface area contributed by atoms with Crippen LogP contribution in [0.15, 0.2) is 24.3 Å². The van der Waals surface area contributed by atoms with Gasteiger partial charge in [-0.3, -0.25) is 4.79 Å². The summed E-state index contributed by atoms with van der Waals surface area (Å²) in [4.78, 5) is 15.8. The number of hydrogen-bond acceptors (Lipinski definition) is 3. The summed E-state index contributed by atoms with van der Waals surface area (Å²) in [5.41, 5.74) is 2.15. The molecule has 2 aliphatic heterocycles. The predicted octanol–water partition coefficient (Wildman–Crippen LogP) is 0.531. The van der Waals surface area contributed by atoms with Gasteiger partial charge in [0.15, 0.2) is 6.54 Å². The molecule has 0 unspecified atom stereocenters. The molecule has 3 rings (SSSR count). The normalized spacial score (nSPS) is 19.9. The number of nitrogens with zero attached hydrogens (tertiary/aromatic N) is 1. The number of nitrogens with one attached hydrogen (secondary N) is 2.